The third kappa shape index (κ3) is 8.18. The van der Waals surface area contributed by atoms with Crippen molar-refractivity contribution in [2.24, 2.45) is 0 Å². The minimum Gasteiger partial charge on any atom is -0.508 e. The Morgan fingerprint density at radius 2 is 1.67 bits per heavy atom. The summed E-state index contributed by atoms with van der Waals surface area (Å²) in [4.78, 5) is 10.5. The molecule has 0 aliphatic rings. The molecule has 1 unspecified atom stereocenters. The smallest absolute Gasteiger partial charge is 0.121 e. The zero-order valence-electron chi connectivity index (χ0n) is 12.1. The fourth-order valence-electron chi connectivity index (χ4n) is 1.28. The van der Waals surface area contributed by atoms with E-state index in [1.807, 2.05) is 39.8 Å². The monoisotopic (exact) mass is 270 g/mol. The average Bonchev–Trinajstić information content (AvgIpc) is 2.44. The van der Waals surface area contributed by atoms with Gasteiger partial charge in [-0.2, -0.15) is 11.8 Å². The Bertz CT molecular complexity index is 283. The van der Waals surface area contributed by atoms with E-state index in [0.29, 0.717) is 6.42 Å². The Balaban J connectivity index is 0. The zero-order valence-corrected chi connectivity index (χ0v) is 13.0. The normalized spacial score (nSPS) is 10.3. The number of carbonyl (C=O) groups excluding carboxylic acids is 1. The van der Waals surface area contributed by atoms with Crippen molar-refractivity contribution in [1.29, 1.82) is 0 Å². The SMILES string of the molecule is CC.CC.CCSC(CC=O)c1ccc(O)cc1. The maximum absolute atomic E-state index is 10.5. The van der Waals surface area contributed by atoms with Gasteiger partial charge in [0.05, 0.1) is 0 Å². The molecule has 0 aliphatic heterocycles. The molecule has 0 spiro atoms. The summed E-state index contributed by atoms with van der Waals surface area (Å²) in [6.45, 7) is 10.1. The quantitative estimate of drug-likeness (QED) is 0.779. The number of hydrogen-bond donors (Lipinski definition) is 1. The third-order valence-corrected chi connectivity index (χ3v) is 3.14. The lowest BCUT2D eigenvalue weighted by molar-refractivity contribution is -0.107. The molecular weight excluding hydrogens is 244 g/mol. The number of benzene rings is 1. The molecule has 0 amide bonds. The molecule has 1 atom stereocenters. The second-order valence-corrected chi connectivity index (χ2v) is 4.42. The van der Waals surface area contributed by atoms with Gasteiger partial charge in [0.25, 0.3) is 0 Å². The van der Waals surface area contributed by atoms with Crippen LogP contribution in [0.5, 0.6) is 5.75 Å². The Labute approximate surface area is 116 Å². The molecule has 104 valence electrons. The summed E-state index contributed by atoms with van der Waals surface area (Å²) < 4.78 is 0. The lowest BCUT2D eigenvalue weighted by Crippen LogP contribution is -1.95. The second-order valence-electron chi connectivity index (χ2n) is 2.94. The Morgan fingerprint density at radius 3 is 2.06 bits per heavy atom. The van der Waals surface area contributed by atoms with Crippen LogP contribution in [0.4, 0.5) is 0 Å². The number of rotatable bonds is 5. The summed E-state index contributed by atoms with van der Waals surface area (Å²) in [7, 11) is 0. The van der Waals surface area contributed by atoms with Gasteiger partial charge in [-0.05, 0) is 23.4 Å². The van der Waals surface area contributed by atoms with E-state index < -0.39 is 0 Å². The van der Waals surface area contributed by atoms with E-state index in [2.05, 4.69) is 6.92 Å². The van der Waals surface area contributed by atoms with Gasteiger partial charge in [0.2, 0.25) is 0 Å². The summed E-state index contributed by atoms with van der Waals surface area (Å²) in [5, 5.41) is 9.34. The van der Waals surface area contributed by atoms with Gasteiger partial charge in [-0.15, -0.1) is 0 Å². The predicted octanol–water partition coefficient (Wildman–Crippen LogP) is 4.83. The van der Waals surface area contributed by atoms with E-state index in [9.17, 15) is 4.79 Å². The molecule has 0 saturated heterocycles. The molecule has 0 aromatic heterocycles. The highest BCUT2D eigenvalue weighted by molar-refractivity contribution is 7.99. The largest absolute Gasteiger partial charge is 0.508 e. The summed E-state index contributed by atoms with van der Waals surface area (Å²) >= 11 is 1.75. The van der Waals surface area contributed by atoms with Gasteiger partial charge in [0.15, 0.2) is 0 Å². The van der Waals surface area contributed by atoms with Crippen LogP contribution < -0.4 is 0 Å². The van der Waals surface area contributed by atoms with Crippen LogP contribution in [0, 0.1) is 0 Å². The maximum atomic E-state index is 10.5. The first kappa shape index (κ1) is 19.4. The van der Waals surface area contributed by atoms with Crippen molar-refractivity contribution < 1.29 is 9.90 Å². The second kappa shape index (κ2) is 14.1. The number of phenolic OH excluding ortho intramolecular Hbond substituents is 1. The van der Waals surface area contributed by atoms with Crippen molar-refractivity contribution in [3.8, 4) is 5.75 Å². The maximum Gasteiger partial charge on any atom is 0.121 e. The van der Waals surface area contributed by atoms with Crippen molar-refractivity contribution in [2.45, 2.75) is 46.3 Å². The van der Waals surface area contributed by atoms with Crippen molar-refractivity contribution in [3.05, 3.63) is 29.8 Å². The minimum atomic E-state index is 0.220. The van der Waals surface area contributed by atoms with Gasteiger partial charge in [-0.1, -0.05) is 46.8 Å². The van der Waals surface area contributed by atoms with Gasteiger partial charge < -0.3 is 9.90 Å². The molecule has 18 heavy (non-hydrogen) atoms. The average molecular weight is 270 g/mol. The number of aromatic hydroxyl groups is 1. The molecular formula is C15H26O2S. The molecule has 0 fully saturated rings. The minimum absolute atomic E-state index is 0.220. The number of phenols is 1. The van der Waals surface area contributed by atoms with Gasteiger partial charge >= 0.3 is 0 Å². The van der Waals surface area contributed by atoms with Crippen LogP contribution in [-0.2, 0) is 4.79 Å². The molecule has 1 aromatic carbocycles. The molecule has 1 N–H and O–H groups in total. The molecule has 0 radical (unpaired) electrons. The molecule has 0 aliphatic carbocycles. The van der Waals surface area contributed by atoms with Crippen LogP contribution in [0.3, 0.4) is 0 Å². The number of hydrogen-bond acceptors (Lipinski definition) is 3. The van der Waals surface area contributed by atoms with E-state index in [-0.39, 0.29) is 11.0 Å². The van der Waals surface area contributed by atoms with Crippen LogP contribution in [-0.4, -0.2) is 17.1 Å². The first-order valence-corrected chi connectivity index (χ1v) is 7.67. The van der Waals surface area contributed by atoms with E-state index in [0.717, 1.165) is 17.6 Å². The summed E-state index contributed by atoms with van der Waals surface area (Å²) in [6, 6.07) is 7.05. The lowest BCUT2D eigenvalue weighted by Gasteiger charge is -2.12. The van der Waals surface area contributed by atoms with Gasteiger partial charge in [0.1, 0.15) is 12.0 Å². The van der Waals surface area contributed by atoms with E-state index >= 15 is 0 Å². The van der Waals surface area contributed by atoms with E-state index in [4.69, 9.17) is 5.11 Å². The van der Waals surface area contributed by atoms with Crippen LogP contribution in [0.15, 0.2) is 24.3 Å². The highest BCUT2D eigenvalue weighted by Gasteiger charge is 2.09. The first-order chi connectivity index (χ1) is 8.77. The third-order valence-electron chi connectivity index (χ3n) is 1.94. The van der Waals surface area contributed by atoms with Gasteiger partial charge in [0, 0.05) is 11.7 Å². The fourth-order valence-corrected chi connectivity index (χ4v) is 2.24. The van der Waals surface area contributed by atoms with Crippen molar-refractivity contribution in [1.82, 2.24) is 0 Å². The van der Waals surface area contributed by atoms with E-state index in [1.165, 1.54) is 0 Å². The van der Waals surface area contributed by atoms with Crippen LogP contribution in [0.25, 0.3) is 0 Å². The van der Waals surface area contributed by atoms with Crippen LogP contribution in [0.1, 0.15) is 51.9 Å². The Kier molecular flexibility index (Phi) is 15.2. The molecule has 2 nitrogen and oxygen atoms in total. The predicted molar refractivity (Wildman–Crippen MR) is 82.4 cm³/mol. The fraction of sp³-hybridized carbons (Fsp3) is 0.533. The highest BCUT2D eigenvalue weighted by atomic mass is 32.2. The molecule has 0 heterocycles. The van der Waals surface area contributed by atoms with E-state index in [1.54, 1.807) is 23.9 Å². The van der Waals surface area contributed by atoms with Gasteiger partial charge in [-0.3, -0.25) is 0 Å². The van der Waals surface area contributed by atoms with Gasteiger partial charge in [-0.25, -0.2) is 0 Å². The van der Waals surface area contributed by atoms with Crippen molar-refractivity contribution in [3.63, 3.8) is 0 Å². The molecule has 0 saturated carbocycles. The number of thioether (sulfide) groups is 1. The lowest BCUT2D eigenvalue weighted by atomic mass is 10.1. The summed E-state index contributed by atoms with van der Waals surface area (Å²) in [5.41, 5.74) is 1.10. The highest BCUT2D eigenvalue weighted by Crippen LogP contribution is 2.31. The molecule has 1 rings (SSSR count). The summed E-state index contributed by atoms with van der Waals surface area (Å²) in [5.74, 6) is 1.25. The Hall–Kier alpha value is -0.960. The van der Waals surface area contributed by atoms with Crippen LogP contribution >= 0.6 is 11.8 Å². The van der Waals surface area contributed by atoms with Crippen molar-refractivity contribution >= 4 is 18.0 Å². The van der Waals surface area contributed by atoms with Crippen molar-refractivity contribution in [2.75, 3.05) is 5.75 Å². The molecule has 1 aromatic rings. The molecule has 0 bridgehead atoms. The zero-order chi connectivity index (χ0) is 14.4. The first-order valence-electron chi connectivity index (χ1n) is 6.62. The Morgan fingerprint density at radius 1 is 1.17 bits per heavy atom. The summed E-state index contributed by atoms with van der Waals surface area (Å²) in [6.07, 6.45) is 1.48. The number of carbonyl (C=O) groups is 1. The topological polar surface area (TPSA) is 37.3 Å². The number of aldehydes is 1. The standard InChI is InChI=1S/C11H14O2S.2C2H6/c1-2-14-11(7-8-12)9-3-5-10(13)6-4-9;2*1-2/h3-6,8,11,13H,2,7H2,1H3;2*1-2H3. The van der Waals surface area contributed by atoms with Crippen LogP contribution in [0.2, 0.25) is 0 Å². The molecule has 3 heteroatoms.